The number of anilines is 1. The van der Waals surface area contributed by atoms with E-state index in [2.05, 4.69) is 35.7 Å². The number of rotatable bonds is 5. The predicted molar refractivity (Wildman–Crippen MR) is 153 cm³/mol. The molecule has 3 fully saturated rings. The molecule has 7 rings (SSSR count). The number of aromatic nitrogens is 2. The van der Waals surface area contributed by atoms with Crippen LogP contribution in [0.4, 0.5) is 14.6 Å². The molecule has 3 aliphatic heterocycles. The Kier molecular flexibility index (Phi) is 6.56. The third-order valence-electron chi connectivity index (χ3n) is 10.6. The molecule has 4 heterocycles. The quantitative estimate of drug-likeness (QED) is 0.509. The number of carbonyl (C=O) groups is 1. The van der Waals surface area contributed by atoms with Crippen molar-refractivity contribution in [2.24, 2.45) is 5.41 Å². The molecule has 0 bridgehead atoms. The van der Waals surface area contributed by atoms with Crippen molar-refractivity contribution < 1.29 is 18.3 Å². The molecule has 2 unspecified atom stereocenters. The summed E-state index contributed by atoms with van der Waals surface area (Å²) in [5, 5.41) is 0. The molecule has 7 nitrogen and oxygen atoms in total. The van der Waals surface area contributed by atoms with Crippen LogP contribution in [0.15, 0.2) is 36.7 Å². The zero-order chi connectivity index (χ0) is 28.4. The maximum atomic E-state index is 14.0. The summed E-state index contributed by atoms with van der Waals surface area (Å²) in [5.41, 5.74) is 5.38. The van der Waals surface area contributed by atoms with E-state index in [4.69, 9.17) is 14.7 Å². The third kappa shape index (κ3) is 4.70. The number of hydrogen-bond acceptors (Lipinski definition) is 6. The highest BCUT2D eigenvalue weighted by molar-refractivity contribution is 5.91. The van der Waals surface area contributed by atoms with Crippen LogP contribution < -0.4 is 9.64 Å². The lowest BCUT2D eigenvalue weighted by atomic mass is 9.69. The SMILES string of the molecule is C=C(F)C(=O)N1CC2(CCN(c3nc(OC[C@@H]4CC(F)CN4C)nc4c3CCC3(CCc5ccccc53)C4)CC2)C1. The lowest BCUT2D eigenvalue weighted by Crippen LogP contribution is -2.62. The van der Waals surface area contributed by atoms with Crippen LogP contribution in [0, 0.1) is 5.41 Å². The molecule has 41 heavy (non-hydrogen) atoms. The summed E-state index contributed by atoms with van der Waals surface area (Å²) < 4.78 is 33.6. The van der Waals surface area contributed by atoms with Crippen molar-refractivity contribution in [3.8, 4) is 6.01 Å². The molecule has 9 heteroatoms. The largest absolute Gasteiger partial charge is 0.462 e. The molecule has 0 N–H and O–H groups in total. The standard InChI is InChI=1S/C32H39F2N5O2/c1-21(33)29(40)39-19-31(20-39)11-13-38(14-12-31)28-25-8-10-32(9-7-22-5-3-4-6-26(22)32)16-27(25)35-30(36-28)41-18-24-15-23(34)17-37(24)2/h3-6,23-24H,1,7-20H2,2H3/t23?,24-,32?/m0/s1. The van der Waals surface area contributed by atoms with Gasteiger partial charge in [0, 0.05) is 55.2 Å². The van der Waals surface area contributed by atoms with E-state index < -0.39 is 17.9 Å². The first-order chi connectivity index (χ1) is 19.7. The number of likely N-dealkylation sites (N-methyl/N-ethyl adjacent to an activating group) is 1. The summed E-state index contributed by atoms with van der Waals surface area (Å²) in [6.45, 7) is 6.80. The minimum absolute atomic E-state index is 0.0145. The number of alkyl halides is 1. The molecule has 1 aromatic heterocycles. The first kappa shape index (κ1) is 26.8. The van der Waals surface area contributed by atoms with E-state index in [1.807, 2.05) is 11.9 Å². The molecule has 1 aromatic carbocycles. The average Bonchev–Trinajstić information content (AvgIpc) is 3.47. The second kappa shape index (κ2) is 10.0. The molecule has 1 amide bonds. The van der Waals surface area contributed by atoms with Gasteiger partial charge in [-0.1, -0.05) is 30.8 Å². The van der Waals surface area contributed by atoms with Crippen LogP contribution in [0.3, 0.4) is 0 Å². The van der Waals surface area contributed by atoms with Crippen molar-refractivity contribution in [3.05, 3.63) is 59.1 Å². The number of nitrogens with zero attached hydrogens (tertiary/aromatic N) is 5. The topological polar surface area (TPSA) is 61.8 Å². The second-order valence-corrected chi connectivity index (χ2v) is 13.2. The highest BCUT2D eigenvalue weighted by Gasteiger charge is 2.48. The maximum absolute atomic E-state index is 14.0. The Morgan fingerprint density at radius 1 is 1.12 bits per heavy atom. The first-order valence-corrected chi connectivity index (χ1v) is 15.1. The molecular formula is C32H39F2N5O2. The van der Waals surface area contributed by atoms with Gasteiger partial charge in [-0.2, -0.15) is 9.97 Å². The number of hydrogen-bond donors (Lipinski definition) is 0. The van der Waals surface area contributed by atoms with Crippen molar-refractivity contribution in [1.82, 2.24) is 19.8 Å². The molecule has 3 atom stereocenters. The number of amides is 1. The number of piperidine rings is 1. The smallest absolute Gasteiger partial charge is 0.318 e. The lowest BCUT2D eigenvalue weighted by Gasteiger charge is -2.54. The highest BCUT2D eigenvalue weighted by Crippen LogP contribution is 2.49. The minimum atomic E-state index is -0.883. The zero-order valence-electron chi connectivity index (χ0n) is 23.9. The van der Waals surface area contributed by atoms with Crippen molar-refractivity contribution in [2.45, 2.75) is 69.0 Å². The van der Waals surface area contributed by atoms with E-state index in [0.717, 1.165) is 69.5 Å². The van der Waals surface area contributed by atoms with Crippen LogP contribution in [0.5, 0.6) is 6.01 Å². The van der Waals surface area contributed by atoms with Crippen molar-refractivity contribution in [1.29, 1.82) is 0 Å². The maximum Gasteiger partial charge on any atom is 0.318 e. The van der Waals surface area contributed by atoms with E-state index >= 15 is 0 Å². The zero-order valence-corrected chi connectivity index (χ0v) is 23.9. The second-order valence-electron chi connectivity index (χ2n) is 13.2. The van der Waals surface area contributed by atoms with Crippen LogP contribution in [-0.2, 0) is 29.5 Å². The fraction of sp³-hybridized carbons (Fsp3) is 0.594. The van der Waals surface area contributed by atoms with Crippen molar-refractivity contribution >= 4 is 11.7 Å². The Labute approximate surface area is 240 Å². The van der Waals surface area contributed by atoms with Crippen LogP contribution in [0.2, 0.25) is 0 Å². The summed E-state index contributed by atoms with van der Waals surface area (Å²) in [5.74, 6) is -0.501. The molecule has 0 saturated carbocycles. The number of aryl methyl sites for hydroxylation is 1. The first-order valence-electron chi connectivity index (χ1n) is 15.1. The van der Waals surface area contributed by atoms with E-state index in [1.54, 1.807) is 4.90 Å². The van der Waals surface area contributed by atoms with Gasteiger partial charge in [-0.3, -0.25) is 9.69 Å². The fourth-order valence-electron chi connectivity index (χ4n) is 8.17. The van der Waals surface area contributed by atoms with E-state index in [0.29, 0.717) is 38.7 Å². The van der Waals surface area contributed by atoms with Gasteiger partial charge in [-0.05, 0) is 69.5 Å². The van der Waals surface area contributed by atoms with Gasteiger partial charge >= 0.3 is 6.01 Å². The van der Waals surface area contributed by atoms with Crippen LogP contribution in [-0.4, -0.2) is 84.3 Å². The molecule has 2 spiro atoms. The molecule has 218 valence electrons. The number of carbonyl (C=O) groups excluding carboxylic acids is 1. The van der Waals surface area contributed by atoms with Gasteiger partial charge < -0.3 is 14.5 Å². The van der Waals surface area contributed by atoms with Gasteiger partial charge in [-0.25, -0.2) is 8.78 Å². The van der Waals surface area contributed by atoms with Gasteiger partial charge in [0.25, 0.3) is 5.91 Å². The van der Waals surface area contributed by atoms with Crippen molar-refractivity contribution in [2.75, 3.05) is 51.3 Å². The van der Waals surface area contributed by atoms with Crippen LogP contribution in [0.1, 0.15) is 54.5 Å². The number of ether oxygens (including phenoxy) is 1. The monoisotopic (exact) mass is 563 g/mol. The predicted octanol–water partition coefficient (Wildman–Crippen LogP) is 4.18. The molecule has 0 radical (unpaired) electrons. The Bertz CT molecular complexity index is 1370. The van der Waals surface area contributed by atoms with Gasteiger partial charge in [0.15, 0.2) is 5.83 Å². The Morgan fingerprint density at radius 3 is 2.61 bits per heavy atom. The summed E-state index contributed by atoms with van der Waals surface area (Å²) in [6, 6.07) is 9.25. The molecule has 2 aromatic rings. The summed E-state index contributed by atoms with van der Waals surface area (Å²) in [7, 11) is 1.94. The lowest BCUT2D eigenvalue weighted by molar-refractivity contribution is -0.142. The summed E-state index contributed by atoms with van der Waals surface area (Å²) in [4.78, 5) is 27.9. The van der Waals surface area contributed by atoms with Crippen molar-refractivity contribution in [3.63, 3.8) is 0 Å². The van der Waals surface area contributed by atoms with Gasteiger partial charge in [0.05, 0.1) is 5.69 Å². The van der Waals surface area contributed by atoms with Gasteiger partial charge in [0.1, 0.15) is 18.6 Å². The highest BCUT2D eigenvalue weighted by atomic mass is 19.1. The molecule has 3 saturated heterocycles. The Hall–Kier alpha value is -3.07. The number of fused-ring (bicyclic) bond motifs is 3. The minimum Gasteiger partial charge on any atom is -0.462 e. The third-order valence-corrected chi connectivity index (χ3v) is 10.6. The average molecular weight is 564 g/mol. The van der Waals surface area contributed by atoms with Gasteiger partial charge in [-0.15, -0.1) is 0 Å². The summed E-state index contributed by atoms with van der Waals surface area (Å²) >= 11 is 0. The number of halogens is 2. The number of likely N-dealkylation sites (tertiary alicyclic amines) is 2. The molecule has 5 aliphatic rings. The van der Waals surface area contributed by atoms with E-state index in [9.17, 15) is 13.6 Å². The Balaban J connectivity index is 1.13. The van der Waals surface area contributed by atoms with Crippen LogP contribution >= 0.6 is 0 Å². The van der Waals surface area contributed by atoms with E-state index in [1.165, 1.54) is 16.7 Å². The fourth-order valence-corrected chi connectivity index (χ4v) is 8.17. The van der Waals surface area contributed by atoms with E-state index in [-0.39, 0.29) is 16.9 Å². The molecular weight excluding hydrogens is 524 g/mol. The summed E-state index contributed by atoms with van der Waals surface area (Å²) in [6.07, 6.45) is 6.63. The Morgan fingerprint density at radius 2 is 1.88 bits per heavy atom. The number of benzene rings is 1. The molecule has 2 aliphatic carbocycles. The van der Waals surface area contributed by atoms with Crippen LogP contribution in [0.25, 0.3) is 0 Å². The normalized spacial score (nSPS) is 28.5. The van der Waals surface area contributed by atoms with Gasteiger partial charge in [0.2, 0.25) is 0 Å².